The van der Waals surface area contributed by atoms with Crippen molar-refractivity contribution in [3.8, 4) is 0 Å². The van der Waals surface area contributed by atoms with E-state index in [-0.39, 0.29) is 6.04 Å². The summed E-state index contributed by atoms with van der Waals surface area (Å²) in [6, 6.07) is 13.7. The molecule has 0 bridgehead atoms. The Morgan fingerprint density at radius 2 is 1.70 bits per heavy atom. The van der Waals surface area contributed by atoms with E-state index >= 15 is 0 Å². The van der Waals surface area contributed by atoms with Gasteiger partial charge in [0.1, 0.15) is 6.54 Å². The van der Waals surface area contributed by atoms with Crippen molar-refractivity contribution in [3.63, 3.8) is 0 Å². The van der Waals surface area contributed by atoms with E-state index in [9.17, 15) is 8.78 Å². The van der Waals surface area contributed by atoms with E-state index in [0.29, 0.717) is 5.69 Å². The van der Waals surface area contributed by atoms with E-state index in [1.165, 1.54) is 4.68 Å². The number of nitrogens with zero attached hydrogens (tertiary/aromatic N) is 3. The molecule has 1 aromatic carbocycles. The maximum Gasteiger partial charge on any atom is 0.257 e. The van der Waals surface area contributed by atoms with Crippen LogP contribution in [0.3, 0.4) is 0 Å². The van der Waals surface area contributed by atoms with Crippen LogP contribution in [0.5, 0.6) is 0 Å². The molecule has 0 radical (unpaired) electrons. The van der Waals surface area contributed by atoms with Crippen molar-refractivity contribution in [1.29, 1.82) is 0 Å². The van der Waals surface area contributed by atoms with Crippen molar-refractivity contribution in [1.82, 2.24) is 14.8 Å². The molecule has 0 saturated heterocycles. The summed E-state index contributed by atoms with van der Waals surface area (Å²) in [6.07, 6.45) is 4.18. The zero-order valence-electron chi connectivity index (χ0n) is 12.3. The highest BCUT2D eigenvalue weighted by Gasteiger charge is 2.15. The highest BCUT2D eigenvalue weighted by Crippen LogP contribution is 2.26. The predicted molar refractivity (Wildman–Crippen MR) is 84.4 cm³/mol. The average molecular weight is 314 g/mol. The number of hydrogen-bond acceptors (Lipinski definition) is 3. The Balaban J connectivity index is 1.86. The Morgan fingerprint density at radius 1 is 1.00 bits per heavy atom. The monoisotopic (exact) mass is 314 g/mol. The van der Waals surface area contributed by atoms with Gasteiger partial charge in [0.25, 0.3) is 6.43 Å². The van der Waals surface area contributed by atoms with Crippen LogP contribution in [0, 0.1) is 0 Å². The van der Waals surface area contributed by atoms with Crippen molar-refractivity contribution < 1.29 is 8.78 Å². The van der Waals surface area contributed by atoms with Gasteiger partial charge in [-0.1, -0.05) is 30.3 Å². The Bertz CT molecular complexity index is 689. The second kappa shape index (κ2) is 7.00. The van der Waals surface area contributed by atoms with Crippen molar-refractivity contribution in [2.24, 2.45) is 0 Å². The summed E-state index contributed by atoms with van der Waals surface area (Å²) in [7, 11) is 0. The lowest BCUT2D eigenvalue weighted by molar-refractivity contribution is 0.122. The molecule has 0 aliphatic carbocycles. The Morgan fingerprint density at radius 3 is 2.39 bits per heavy atom. The van der Waals surface area contributed by atoms with Gasteiger partial charge < -0.3 is 5.32 Å². The molecule has 1 atom stereocenters. The number of benzene rings is 1. The van der Waals surface area contributed by atoms with Gasteiger partial charge >= 0.3 is 0 Å². The predicted octanol–water partition coefficient (Wildman–Crippen LogP) is 3.74. The molecule has 0 unspecified atom stereocenters. The van der Waals surface area contributed by atoms with Gasteiger partial charge in [0.15, 0.2) is 0 Å². The van der Waals surface area contributed by atoms with Gasteiger partial charge in [-0.3, -0.25) is 9.67 Å². The first-order chi connectivity index (χ1) is 11.2. The Kier molecular flexibility index (Phi) is 4.61. The fourth-order valence-electron chi connectivity index (χ4n) is 2.41. The second-order valence-corrected chi connectivity index (χ2v) is 5.11. The van der Waals surface area contributed by atoms with Gasteiger partial charge in [0.2, 0.25) is 0 Å². The molecule has 118 valence electrons. The molecular weight excluding hydrogens is 298 g/mol. The van der Waals surface area contributed by atoms with Crippen molar-refractivity contribution >= 4 is 5.69 Å². The zero-order valence-corrected chi connectivity index (χ0v) is 12.3. The Hall–Kier alpha value is -2.76. The van der Waals surface area contributed by atoms with Gasteiger partial charge in [-0.25, -0.2) is 8.78 Å². The van der Waals surface area contributed by atoms with Crippen LogP contribution in [0.25, 0.3) is 0 Å². The van der Waals surface area contributed by atoms with E-state index < -0.39 is 13.0 Å². The summed E-state index contributed by atoms with van der Waals surface area (Å²) in [5.74, 6) is 0. The molecule has 0 spiro atoms. The largest absolute Gasteiger partial charge is 0.372 e. The average Bonchev–Trinajstić information content (AvgIpc) is 3.00. The van der Waals surface area contributed by atoms with Gasteiger partial charge in [0, 0.05) is 18.6 Å². The van der Waals surface area contributed by atoms with Crippen LogP contribution < -0.4 is 5.32 Å². The summed E-state index contributed by atoms with van der Waals surface area (Å²) in [5.41, 5.74) is 2.80. The first-order valence-electron chi connectivity index (χ1n) is 7.24. The molecule has 0 fully saturated rings. The molecule has 23 heavy (non-hydrogen) atoms. The molecule has 2 aromatic heterocycles. The lowest BCUT2D eigenvalue weighted by Gasteiger charge is -2.19. The molecule has 6 heteroatoms. The fraction of sp³-hybridized carbons (Fsp3) is 0.176. The van der Waals surface area contributed by atoms with Crippen molar-refractivity contribution in [2.45, 2.75) is 19.0 Å². The Labute approximate surface area is 132 Å². The summed E-state index contributed by atoms with van der Waals surface area (Å²) >= 11 is 0. The van der Waals surface area contributed by atoms with E-state index in [1.807, 2.05) is 42.5 Å². The van der Waals surface area contributed by atoms with Crippen LogP contribution in [0.4, 0.5) is 14.5 Å². The fourth-order valence-corrected chi connectivity index (χ4v) is 2.41. The molecule has 0 saturated carbocycles. The lowest BCUT2D eigenvalue weighted by atomic mass is 9.99. The van der Waals surface area contributed by atoms with Gasteiger partial charge in [-0.15, -0.1) is 0 Å². The van der Waals surface area contributed by atoms with Crippen LogP contribution in [-0.4, -0.2) is 21.2 Å². The van der Waals surface area contributed by atoms with E-state index in [2.05, 4.69) is 15.4 Å². The van der Waals surface area contributed by atoms with Gasteiger partial charge in [-0.2, -0.15) is 5.10 Å². The molecule has 3 rings (SSSR count). The smallest absolute Gasteiger partial charge is 0.257 e. The first-order valence-corrected chi connectivity index (χ1v) is 7.24. The second-order valence-electron chi connectivity index (χ2n) is 5.11. The molecule has 0 aliphatic rings. The van der Waals surface area contributed by atoms with Crippen LogP contribution in [-0.2, 0) is 6.54 Å². The summed E-state index contributed by atoms with van der Waals surface area (Å²) in [5, 5.41) is 7.31. The van der Waals surface area contributed by atoms with Crippen molar-refractivity contribution in [2.75, 3.05) is 5.32 Å². The molecular formula is C17H16F2N4. The van der Waals surface area contributed by atoms with Crippen molar-refractivity contribution in [3.05, 3.63) is 78.4 Å². The minimum atomic E-state index is -2.42. The van der Waals surface area contributed by atoms with Gasteiger partial charge in [0.05, 0.1) is 17.9 Å². The van der Waals surface area contributed by atoms with E-state index in [1.54, 1.807) is 24.8 Å². The summed E-state index contributed by atoms with van der Waals surface area (Å²) in [4.78, 5) is 4.04. The highest BCUT2D eigenvalue weighted by molar-refractivity contribution is 5.46. The third-order valence-corrected chi connectivity index (χ3v) is 3.44. The number of aromatic nitrogens is 3. The summed E-state index contributed by atoms with van der Waals surface area (Å²) in [6.45, 7) is -0.410. The molecule has 1 N–H and O–H groups in total. The first kappa shape index (κ1) is 15.1. The minimum Gasteiger partial charge on any atom is -0.372 e. The van der Waals surface area contributed by atoms with E-state index in [4.69, 9.17) is 0 Å². The standard InChI is InChI=1S/C17H16F2N4/c18-16(19)12-23-11-15(10-21-23)22-17(13-4-2-1-3-5-13)14-6-8-20-9-7-14/h1-11,16-17,22H,12H2/t17-/m0/s1. The van der Waals surface area contributed by atoms with Crippen LogP contribution >= 0.6 is 0 Å². The number of alkyl halides is 2. The molecule has 0 aliphatic heterocycles. The molecule has 4 nitrogen and oxygen atoms in total. The topological polar surface area (TPSA) is 42.7 Å². The normalized spacial score (nSPS) is 12.3. The van der Waals surface area contributed by atoms with E-state index in [0.717, 1.165) is 11.1 Å². The number of pyridine rings is 1. The third kappa shape index (κ3) is 3.91. The quantitative estimate of drug-likeness (QED) is 0.753. The molecule has 3 aromatic rings. The number of hydrogen-bond donors (Lipinski definition) is 1. The van der Waals surface area contributed by atoms with Crippen LogP contribution in [0.2, 0.25) is 0 Å². The molecule has 0 amide bonds. The number of nitrogens with one attached hydrogen (secondary N) is 1. The number of halogens is 2. The number of anilines is 1. The van der Waals surface area contributed by atoms with Crippen LogP contribution in [0.1, 0.15) is 17.2 Å². The molecule has 2 heterocycles. The SMILES string of the molecule is FC(F)Cn1cc(N[C@@H](c2ccccc2)c2ccncc2)cn1. The maximum absolute atomic E-state index is 12.4. The number of rotatable bonds is 6. The minimum absolute atomic E-state index is 0.108. The highest BCUT2D eigenvalue weighted by atomic mass is 19.3. The van der Waals surface area contributed by atoms with Crippen LogP contribution in [0.15, 0.2) is 67.3 Å². The van der Waals surface area contributed by atoms with Gasteiger partial charge in [-0.05, 0) is 23.3 Å². The summed E-state index contributed by atoms with van der Waals surface area (Å²) < 4.78 is 26.1. The lowest BCUT2D eigenvalue weighted by Crippen LogP contribution is -2.12. The third-order valence-electron chi connectivity index (χ3n) is 3.44. The zero-order chi connectivity index (χ0) is 16.1. The maximum atomic E-state index is 12.4.